The van der Waals surface area contributed by atoms with E-state index in [0.717, 1.165) is 31.0 Å². The minimum Gasteiger partial charge on any atom is -0.488 e. The Morgan fingerprint density at radius 2 is 2.14 bits per heavy atom. The molecule has 0 atom stereocenters. The number of nitrogens with one attached hydrogen (secondary N) is 3. The van der Waals surface area contributed by atoms with Gasteiger partial charge in [-0.1, -0.05) is 6.92 Å². The van der Waals surface area contributed by atoms with Crippen LogP contribution in [0.5, 0.6) is 5.75 Å². The second-order valence-electron chi connectivity index (χ2n) is 5.09. The molecule has 3 rings (SSSR count). The third-order valence-electron chi connectivity index (χ3n) is 3.50. The molecule has 0 spiro atoms. The van der Waals surface area contributed by atoms with Gasteiger partial charge in [0, 0.05) is 24.5 Å². The molecular weight excluding hydrogens is 348 g/mol. The summed E-state index contributed by atoms with van der Waals surface area (Å²) >= 11 is 3.40. The lowest BCUT2D eigenvalue weighted by Crippen LogP contribution is -2.50. The summed E-state index contributed by atoms with van der Waals surface area (Å²) in [5, 5.41) is 12.9. The zero-order valence-electron chi connectivity index (χ0n) is 12.1. The van der Waals surface area contributed by atoms with Crippen LogP contribution in [0.25, 0.3) is 0 Å². The molecule has 1 fully saturated rings. The quantitative estimate of drug-likeness (QED) is 0.760. The number of ether oxygens (including phenoxy) is 1. The zero-order chi connectivity index (χ0) is 15.5. The van der Waals surface area contributed by atoms with E-state index >= 15 is 0 Å². The summed E-state index contributed by atoms with van der Waals surface area (Å²) in [6.07, 6.45) is 1.02. The Morgan fingerprint density at radius 3 is 2.68 bits per heavy atom. The summed E-state index contributed by atoms with van der Waals surface area (Å²) in [6, 6.07) is 7.34. The number of anilines is 1. The Morgan fingerprint density at radius 1 is 1.41 bits per heavy atom. The van der Waals surface area contributed by atoms with Crippen LogP contribution in [0.2, 0.25) is 0 Å². The third-order valence-corrected chi connectivity index (χ3v) is 4.36. The van der Waals surface area contributed by atoms with E-state index in [9.17, 15) is 4.79 Å². The van der Waals surface area contributed by atoms with E-state index in [1.165, 1.54) is 0 Å². The number of nitrogens with zero attached hydrogens (tertiary/aromatic N) is 1. The number of rotatable bonds is 5. The van der Waals surface area contributed by atoms with E-state index < -0.39 is 0 Å². The van der Waals surface area contributed by atoms with Gasteiger partial charge in [-0.3, -0.25) is 9.89 Å². The molecule has 1 aromatic carbocycles. The van der Waals surface area contributed by atoms with Gasteiger partial charge in [-0.2, -0.15) is 5.10 Å². The summed E-state index contributed by atoms with van der Waals surface area (Å²) in [5.74, 6) is 0.554. The van der Waals surface area contributed by atoms with Gasteiger partial charge in [0.2, 0.25) is 0 Å². The maximum Gasteiger partial charge on any atom is 0.277 e. The monoisotopic (exact) mass is 364 g/mol. The summed E-state index contributed by atoms with van der Waals surface area (Å²) in [5.41, 5.74) is 1.97. The van der Waals surface area contributed by atoms with Gasteiger partial charge in [0.1, 0.15) is 11.9 Å². The lowest BCUT2D eigenvalue weighted by atomic mass is 10.2. The number of halogens is 1. The zero-order valence-corrected chi connectivity index (χ0v) is 13.7. The van der Waals surface area contributed by atoms with Crippen LogP contribution < -0.4 is 15.4 Å². The smallest absolute Gasteiger partial charge is 0.277 e. The highest BCUT2D eigenvalue weighted by molar-refractivity contribution is 9.10. The highest BCUT2D eigenvalue weighted by atomic mass is 79.9. The molecule has 22 heavy (non-hydrogen) atoms. The van der Waals surface area contributed by atoms with Crippen LogP contribution in [0.1, 0.15) is 23.1 Å². The van der Waals surface area contributed by atoms with Crippen LogP contribution in [0, 0.1) is 0 Å². The fourth-order valence-electron chi connectivity index (χ4n) is 2.09. The van der Waals surface area contributed by atoms with Crippen LogP contribution in [-0.4, -0.2) is 35.3 Å². The van der Waals surface area contributed by atoms with Crippen LogP contribution in [0.4, 0.5) is 5.69 Å². The lowest BCUT2D eigenvalue weighted by Gasteiger charge is -2.27. The summed E-state index contributed by atoms with van der Waals surface area (Å²) in [6.45, 7) is 3.76. The van der Waals surface area contributed by atoms with Crippen molar-refractivity contribution < 1.29 is 9.53 Å². The fraction of sp³-hybridized carbons (Fsp3) is 0.333. The average Bonchev–Trinajstić information content (AvgIpc) is 2.85. The predicted molar refractivity (Wildman–Crippen MR) is 87.3 cm³/mol. The number of carbonyl (C=O) groups is 1. The number of H-pyrrole nitrogens is 1. The number of benzene rings is 1. The summed E-state index contributed by atoms with van der Waals surface area (Å²) in [4.78, 5) is 12.2. The van der Waals surface area contributed by atoms with E-state index in [4.69, 9.17) is 4.74 Å². The standard InChI is InChI=1S/C15H17BrN4O2/c1-2-12-13(16)14(20-19-12)15(21)18-9-3-5-10(6-4-9)22-11-7-17-8-11/h3-6,11,17H,2,7-8H2,1H3,(H,18,21)(H,19,20). The molecule has 1 aliphatic heterocycles. The maximum absolute atomic E-state index is 12.2. The van der Waals surface area contributed by atoms with Crippen molar-refractivity contribution in [3.8, 4) is 5.75 Å². The molecule has 1 saturated heterocycles. The Labute approximate surface area is 136 Å². The molecule has 0 unspecified atom stereocenters. The van der Waals surface area contributed by atoms with Gasteiger partial charge in [0.05, 0.1) is 4.47 Å². The number of amides is 1. The van der Waals surface area contributed by atoms with Gasteiger partial charge in [0.25, 0.3) is 5.91 Å². The van der Waals surface area contributed by atoms with Crippen molar-refractivity contribution in [1.29, 1.82) is 0 Å². The Balaban J connectivity index is 1.64. The molecule has 1 aliphatic rings. The van der Waals surface area contributed by atoms with Crippen molar-refractivity contribution in [2.75, 3.05) is 18.4 Å². The minimum absolute atomic E-state index is 0.243. The first-order chi connectivity index (χ1) is 10.7. The number of hydrogen-bond acceptors (Lipinski definition) is 4. The molecule has 0 saturated carbocycles. The predicted octanol–water partition coefficient (Wildman–Crippen LogP) is 2.34. The number of aromatic amines is 1. The second-order valence-corrected chi connectivity index (χ2v) is 5.89. The lowest BCUT2D eigenvalue weighted by molar-refractivity contribution is 0.102. The Bertz CT molecular complexity index is 665. The van der Waals surface area contributed by atoms with Crippen molar-refractivity contribution in [1.82, 2.24) is 15.5 Å². The first kappa shape index (κ1) is 15.1. The van der Waals surface area contributed by atoms with E-state index in [2.05, 4.69) is 36.8 Å². The largest absolute Gasteiger partial charge is 0.488 e. The van der Waals surface area contributed by atoms with Gasteiger partial charge in [-0.15, -0.1) is 0 Å². The van der Waals surface area contributed by atoms with Gasteiger partial charge in [-0.25, -0.2) is 0 Å². The number of aromatic nitrogens is 2. The molecule has 7 heteroatoms. The van der Waals surface area contributed by atoms with Crippen LogP contribution in [-0.2, 0) is 6.42 Å². The highest BCUT2D eigenvalue weighted by Crippen LogP contribution is 2.22. The molecule has 1 aromatic heterocycles. The molecular formula is C15H17BrN4O2. The fourth-order valence-corrected chi connectivity index (χ4v) is 2.73. The summed E-state index contributed by atoms with van der Waals surface area (Å²) < 4.78 is 6.44. The normalized spacial score (nSPS) is 14.5. The molecule has 2 heterocycles. The van der Waals surface area contributed by atoms with Gasteiger partial charge in [-0.05, 0) is 46.6 Å². The maximum atomic E-state index is 12.2. The average molecular weight is 365 g/mol. The second kappa shape index (κ2) is 6.50. The minimum atomic E-state index is -0.250. The molecule has 0 bridgehead atoms. The van der Waals surface area contributed by atoms with E-state index in [0.29, 0.717) is 15.9 Å². The number of hydrogen-bond donors (Lipinski definition) is 3. The van der Waals surface area contributed by atoms with Crippen molar-refractivity contribution in [2.24, 2.45) is 0 Å². The molecule has 0 radical (unpaired) electrons. The Hall–Kier alpha value is -1.86. The molecule has 0 aliphatic carbocycles. The first-order valence-corrected chi connectivity index (χ1v) is 7.98. The SMILES string of the molecule is CCc1[nH]nc(C(=O)Nc2ccc(OC3CNC3)cc2)c1Br. The van der Waals surface area contributed by atoms with Crippen LogP contribution in [0.3, 0.4) is 0 Å². The third kappa shape index (κ3) is 3.15. The molecule has 3 N–H and O–H groups in total. The van der Waals surface area contributed by atoms with Crippen molar-refractivity contribution in [3.63, 3.8) is 0 Å². The molecule has 1 amide bonds. The summed E-state index contributed by atoms with van der Waals surface area (Å²) in [7, 11) is 0. The van der Waals surface area contributed by atoms with Crippen molar-refractivity contribution in [3.05, 3.63) is 40.1 Å². The van der Waals surface area contributed by atoms with Gasteiger partial charge >= 0.3 is 0 Å². The molecule has 116 valence electrons. The van der Waals surface area contributed by atoms with Crippen LogP contribution >= 0.6 is 15.9 Å². The Kier molecular flexibility index (Phi) is 4.44. The molecule has 2 aromatic rings. The van der Waals surface area contributed by atoms with Gasteiger partial charge < -0.3 is 15.4 Å². The van der Waals surface area contributed by atoms with Crippen molar-refractivity contribution >= 4 is 27.5 Å². The number of carbonyl (C=O) groups excluding carboxylic acids is 1. The topological polar surface area (TPSA) is 79.0 Å². The van der Waals surface area contributed by atoms with E-state index in [1.807, 2.05) is 31.2 Å². The number of aryl methyl sites for hydroxylation is 1. The first-order valence-electron chi connectivity index (χ1n) is 7.19. The van der Waals surface area contributed by atoms with Crippen LogP contribution in [0.15, 0.2) is 28.7 Å². The van der Waals surface area contributed by atoms with E-state index in [1.54, 1.807) is 0 Å². The van der Waals surface area contributed by atoms with E-state index in [-0.39, 0.29) is 12.0 Å². The van der Waals surface area contributed by atoms with Gasteiger partial charge in [0.15, 0.2) is 5.69 Å². The highest BCUT2D eigenvalue weighted by Gasteiger charge is 2.19. The van der Waals surface area contributed by atoms with Crippen molar-refractivity contribution in [2.45, 2.75) is 19.4 Å². The molecule has 6 nitrogen and oxygen atoms in total.